The highest BCUT2D eigenvalue weighted by molar-refractivity contribution is 7.89. The van der Waals surface area contributed by atoms with Gasteiger partial charge in [0.2, 0.25) is 15.9 Å². The van der Waals surface area contributed by atoms with Crippen LogP contribution in [0.1, 0.15) is 35.5 Å². The van der Waals surface area contributed by atoms with E-state index in [1.165, 1.54) is 49.6 Å². The van der Waals surface area contributed by atoms with Crippen LogP contribution in [0.4, 0.5) is 10.1 Å². The van der Waals surface area contributed by atoms with Crippen LogP contribution in [-0.2, 0) is 26.7 Å². The molecule has 0 saturated carbocycles. The smallest absolute Gasteiger partial charge is 0.240 e. The predicted molar refractivity (Wildman–Crippen MR) is 128 cm³/mol. The Morgan fingerprint density at radius 3 is 2.29 bits per heavy atom. The molecule has 0 aliphatic heterocycles. The minimum atomic E-state index is -3.55. The molecule has 7 nitrogen and oxygen atoms in total. The number of hydrogen-bond donors (Lipinski definition) is 2. The first kappa shape index (κ1) is 25.5. The molecule has 1 aromatic heterocycles. The number of amides is 1. The molecule has 0 unspecified atom stereocenters. The molecule has 1 amide bonds. The Hall–Kier alpha value is -3.14. The number of pyridine rings is 1. The number of Topliss-reactive ketones (excluding diaryl/α,β-unsaturated/α-hetero) is 1. The Labute approximate surface area is 202 Å². The van der Waals surface area contributed by atoms with E-state index in [9.17, 15) is 22.4 Å². The fraction of sp³-hybridized carbons (Fsp3) is 0.208. The third kappa shape index (κ3) is 5.67. The minimum Gasteiger partial charge on any atom is -0.324 e. The van der Waals surface area contributed by atoms with Gasteiger partial charge in [0, 0.05) is 0 Å². The third-order valence-corrected chi connectivity index (χ3v) is 7.08. The summed E-state index contributed by atoms with van der Waals surface area (Å²) in [5.41, 5.74) is 0.772. The molecule has 1 heterocycles. The number of anilines is 1. The van der Waals surface area contributed by atoms with Gasteiger partial charge in [0.15, 0.2) is 5.78 Å². The summed E-state index contributed by atoms with van der Waals surface area (Å²) in [5.74, 6) is -1.18. The summed E-state index contributed by atoms with van der Waals surface area (Å²) in [6.07, 6.45) is 1.40. The van der Waals surface area contributed by atoms with Crippen molar-refractivity contribution in [3.8, 4) is 0 Å². The largest absolute Gasteiger partial charge is 0.324 e. The summed E-state index contributed by atoms with van der Waals surface area (Å²) < 4.78 is 39.3. The van der Waals surface area contributed by atoms with Gasteiger partial charge in [-0.3, -0.25) is 14.6 Å². The topological polar surface area (TPSA) is 105 Å². The van der Waals surface area contributed by atoms with Crippen LogP contribution < -0.4 is 10.0 Å². The molecule has 0 aliphatic rings. The van der Waals surface area contributed by atoms with E-state index in [1.807, 2.05) is 0 Å². The predicted octanol–water partition coefficient (Wildman–Crippen LogP) is 4.12. The van der Waals surface area contributed by atoms with E-state index >= 15 is 0 Å². The summed E-state index contributed by atoms with van der Waals surface area (Å²) in [6, 6.07) is 13.2. The number of benzene rings is 2. The summed E-state index contributed by atoms with van der Waals surface area (Å²) in [5, 5.41) is 2.63. The summed E-state index contributed by atoms with van der Waals surface area (Å²) in [4.78, 5) is 29.7. The fourth-order valence-electron chi connectivity index (χ4n) is 3.23. The number of halogens is 2. The molecule has 2 N–H and O–H groups in total. The van der Waals surface area contributed by atoms with Gasteiger partial charge in [-0.15, -0.1) is 0 Å². The van der Waals surface area contributed by atoms with Crippen LogP contribution in [0.25, 0.3) is 0 Å². The monoisotopic (exact) mass is 503 g/mol. The molecule has 178 valence electrons. The molecule has 3 aromatic rings. The van der Waals surface area contributed by atoms with Crippen LogP contribution in [-0.4, -0.2) is 32.1 Å². The summed E-state index contributed by atoms with van der Waals surface area (Å²) in [7, 11) is -2.22. The average Bonchev–Trinajstić information content (AvgIpc) is 2.81. The molecular weight excluding hydrogens is 481 g/mol. The zero-order chi connectivity index (χ0) is 25.1. The lowest BCUT2D eigenvalue weighted by atomic mass is 9.79. The number of carbonyl (C=O) groups is 2. The highest BCUT2D eigenvalue weighted by Gasteiger charge is 2.32. The molecule has 0 aliphatic carbocycles. The van der Waals surface area contributed by atoms with Crippen LogP contribution in [0, 0.1) is 5.82 Å². The standard InChI is InChI=1S/C24H23ClFN3O4S/c1-24(2,16-6-10-20(26)19(25)13-16)23(31)21-11-7-17(14-28-21)29-22(30)12-15-4-8-18(9-5-15)34(32,33)27-3/h4-11,13-14,27H,12H2,1-3H3,(H,29,30). The zero-order valence-electron chi connectivity index (χ0n) is 18.7. The van der Waals surface area contributed by atoms with Crippen LogP contribution in [0.15, 0.2) is 65.7 Å². The van der Waals surface area contributed by atoms with E-state index in [2.05, 4.69) is 15.0 Å². The van der Waals surface area contributed by atoms with Gasteiger partial charge in [-0.1, -0.05) is 29.8 Å². The molecule has 0 atom stereocenters. The quantitative estimate of drug-likeness (QED) is 0.450. The summed E-state index contributed by atoms with van der Waals surface area (Å²) >= 11 is 5.86. The number of nitrogens with one attached hydrogen (secondary N) is 2. The van der Waals surface area contributed by atoms with Crippen molar-refractivity contribution < 1.29 is 22.4 Å². The number of nitrogens with zero attached hydrogens (tertiary/aromatic N) is 1. The van der Waals surface area contributed by atoms with Gasteiger partial charge in [-0.25, -0.2) is 17.5 Å². The van der Waals surface area contributed by atoms with Crippen molar-refractivity contribution in [1.82, 2.24) is 9.71 Å². The maximum absolute atomic E-state index is 13.5. The lowest BCUT2D eigenvalue weighted by Gasteiger charge is -2.23. The van der Waals surface area contributed by atoms with Crippen LogP contribution >= 0.6 is 11.6 Å². The number of hydrogen-bond acceptors (Lipinski definition) is 5. The molecular formula is C24H23ClFN3O4S. The molecule has 0 fully saturated rings. The van der Waals surface area contributed by atoms with Gasteiger partial charge in [0.05, 0.1) is 33.6 Å². The van der Waals surface area contributed by atoms with Crippen LogP contribution in [0.3, 0.4) is 0 Å². The Morgan fingerprint density at radius 1 is 1.06 bits per heavy atom. The Balaban J connectivity index is 1.66. The molecule has 3 rings (SSSR count). The van der Waals surface area contributed by atoms with Crippen molar-refractivity contribution in [2.75, 3.05) is 12.4 Å². The van der Waals surface area contributed by atoms with Gasteiger partial charge in [0.1, 0.15) is 11.5 Å². The third-order valence-electron chi connectivity index (χ3n) is 5.36. The average molecular weight is 504 g/mol. The highest BCUT2D eigenvalue weighted by atomic mass is 35.5. The number of sulfonamides is 1. The van der Waals surface area contributed by atoms with Gasteiger partial charge < -0.3 is 5.32 Å². The number of aromatic nitrogens is 1. The summed E-state index contributed by atoms with van der Waals surface area (Å²) in [6.45, 7) is 3.40. The van der Waals surface area contributed by atoms with E-state index < -0.39 is 21.3 Å². The fourth-order valence-corrected chi connectivity index (χ4v) is 4.14. The second kappa shape index (κ2) is 10.0. The van der Waals surface area contributed by atoms with Crippen molar-refractivity contribution in [1.29, 1.82) is 0 Å². The lowest BCUT2D eigenvalue weighted by molar-refractivity contribution is -0.115. The van der Waals surface area contributed by atoms with Gasteiger partial charge in [-0.2, -0.15) is 0 Å². The molecule has 34 heavy (non-hydrogen) atoms. The van der Waals surface area contributed by atoms with Crippen LogP contribution in [0.2, 0.25) is 5.02 Å². The second-order valence-corrected chi connectivity index (χ2v) is 10.4. The number of ketones is 1. The number of rotatable bonds is 8. The number of carbonyl (C=O) groups excluding carboxylic acids is 2. The molecule has 0 radical (unpaired) electrons. The van der Waals surface area contributed by atoms with Crippen molar-refractivity contribution >= 4 is 39.0 Å². The first-order valence-electron chi connectivity index (χ1n) is 10.2. The molecule has 0 spiro atoms. The second-order valence-electron chi connectivity index (χ2n) is 8.09. The maximum atomic E-state index is 13.5. The molecule has 0 bridgehead atoms. The van der Waals surface area contributed by atoms with Crippen molar-refractivity contribution in [3.05, 3.63) is 88.5 Å². The molecule has 10 heteroatoms. The van der Waals surface area contributed by atoms with Gasteiger partial charge in [-0.05, 0) is 68.4 Å². The lowest BCUT2D eigenvalue weighted by Crippen LogP contribution is -2.30. The SMILES string of the molecule is CNS(=O)(=O)c1ccc(CC(=O)Nc2ccc(C(=O)C(C)(C)c3ccc(F)c(Cl)c3)nc2)cc1. The highest BCUT2D eigenvalue weighted by Crippen LogP contribution is 2.30. The van der Waals surface area contributed by atoms with E-state index in [0.29, 0.717) is 16.8 Å². The van der Waals surface area contributed by atoms with Crippen molar-refractivity contribution in [2.45, 2.75) is 30.6 Å². The Kier molecular flexibility index (Phi) is 7.50. The van der Waals surface area contributed by atoms with Gasteiger partial charge >= 0.3 is 0 Å². The van der Waals surface area contributed by atoms with E-state index in [0.717, 1.165) is 0 Å². The minimum absolute atomic E-state index is 0.0267. The van der Waals surface area contributed by atoms with Crippen molar-refractivity contribution in [2.24, 2.45) is 0 Å². The van der Waals surface area contributed by atoms with E-state index in [4.69, 9.17) is 11.6 Å². The Morgan fingerprint density at radius 2 is 1.74 bits per heavy atom. The van der Waals surface area contributed by atoms with Gasteiger partial charge in [0.25, 0.3) is 0 Å². The Bertz CT molecular complexity index is 1330. The normalized spacial score (nSPS) is 11.8. The van der Waals surface area contributed by atoms with Crippen molar-refractivity contribution in [3.63, 3.8) is 0 Å². The first-order valence-corrected chi connectivity index (χ1v) is 12.1. The maximum Gasteiger partial charge on any atom is 0.240 e. The van der Waals surface area contributed by atoms with E-state index in [-0.39, 0.29) is 33.7 Å². The first-order chi connectivity index (χ1) is 15.9. The van der Waals surface area contributed by atoms with E-state index in [1.54, 1.807) is 32.0 Å². The molecule has 2 aromatic carbocycles. The zero-order valence-corrected chi connectivity index (χ0v) is 20.3. The van der Waals surface area contributed by atoms with Crippen LogP contribution in [0.5, 0.6) is 0 Å². The molecule has 0 saturated heterocycles.